The van der Waals surface area contributed by atoms with Crippen LogP contribution in [0.3, 0.4) is 0 Å². The van der Waals surface area contributed by atoms with Gasteiger partial charge in [-0.1, -0.05) is 36.4 Å². The number of fused-ring (bicyclic) bond motifs is 2. The van der Waals surface area contributed by atoms with Crippen LogP contribution < -0.4 is 15.4 Å². The number of ether oxygens (including phenoxy) is 1. The van der Waals surface area contributed by atoms with Gasteiger partial charge in [0.2, 0.25) is 5.91 Å². The van der Waals surface area contributed by atoms with E-state index in [1.165, 1.54) is 0 Å². The zero-order valence-electron chi connectivity index (χ0n) is 20.7. The van der Waals surface area contributed by atoms with Crippen LogP contribution in [0.15, 0.2) is 85.1 Å². The number of hydrogen-bond acceptors (Lipinski definition) is 4. The monoisotopic (exact) mass is 492 g/mol. The SMILES string of the molecule is CNC(=O)[C@H](Cc1c[nH]c2ccccc12)NC(=O)c1ccc(OCc2cc(C)nc3ccccc23)cc1. The highest BCUT2D eigenvalue weighted by Crippen LogP contribution is 2.22. The second-order valence-electron chi connectivity index (χ2n) is 8.96. The van der Waals surface area contributed by atoms with Gasteiger partial charge in [-0.2, -0.15) is 0 Å². The van der Waals surface area contributed by atoms with E-state index < -0.39 is 6.04 Å². The number of rotatable bonds is 8. The van der Waals surface area contributed by atoms with E-state index in [2.05, 4.69) is 20.6 Å². The molecule has 7 nitrogen and oxygen atoms in total. The summed E-state index contributed by atoms with van der Waals surface area (Å²) in [5.41, 5.74) is 5.33. The molecule has 0 aliphatic heterocycles. The van der Waals surface area contributed by atoms with Gasteiger partial charge in [-0.3, -0.25) is 14.6 Å². The number of likely N-dealkylation sites (N-methyl/N-ethyl adjacent to an activating group) is 1. The highest BCUT2D eigenvalue weighted by molar-refractivity contribution is 5.98. The summed E-state index contributed by atoms with van der Waals surface area (Å²) in [5, 5.41) is 7.62. The largest absolute Gasteiger partial charge is 0.489 e. The van der Waals surface area contributed by atoms with Gasteiger partial charge in [0.1, 0.15) is 18.4 Å². The lowest BCUT2D eigenvalue weighted by Gasteiger charge is -2.17. The Morgan fingerprint density at radius 2 is 1.68 bits per heavy atom. The number of nitrogens with zero attached hydrogens (tertiary/aromatic N) is 1. The van der Waals surface area contributed by atoms with Crippen LogP contribution in [0.25, 0.3) is 21.8 Å². The van der Waals surface area contributed by atoms with Gasteiger partial charge in [0.05, 0.1) is 5.52 Å². The van der Waals surface area contributed by atoms with Crippen molar-refractivity contribution in [3.8, 4) is 5.75 Å². The number of benzene rings is 3. The zero-order chi connectivity index (χ0) is 25.8. The molecule has 2 heterocycles. The maximum atomic E-state index is 13.0. The van der Waals surface area contributed by atoms with Gasteiger partial charge < -0.3 is 20.4 Å². The fraction of sp³-hybridized carbons (Fsp3) is 0.167. The van der Waals surface area contributed by atoms with E-state index in [-0.39, 0.29) is 11.8 Å². The average molecular weight is 493 g/mol. The number of aryl methyl sites for hydroxylation is 1. The lowest BCUT2D eigenvalue weighted by atomic mass is 10.0. The molecule has 0 bridgehead atoms. The van der Waals surface area contributed by atoms with E-state index in [1.807, 2.05) is 67.7 Å². The van der Waals surface area contributed by atoms with E-state index >= 15 is 0 Å². The summed E-state index contributed by atoms with van der Waals surface area (Å²) in [4.78, 5) is 33.4. The molecule has 1 atom stereocenters. The number of aromatic amines is 1. The molecule has 0 saturated carbocycles. The summed E-state index contributed by atoms with van der Waals surface area (Å²) in [6, 6.07) is 24.1. The van der Waals surface area contributed by atoms with E-state index in [0.29, 0.717) is 24.3 Å². The normalized spacial score (nSPS) is 11.8. The number of hydrogen-bond donors (Lipinski definition) is 3. The van der Waals surface area contributed by atoms with Crippen molar-refractivity contribution in [2.24, 2.45) is 0 Å². The first-order valence-corrected chi connectivity index (χ1v) is 12.2. The van der Waals surface area contributed by atoms with Crippen molar-refractivity contribution in [3.63, 3.8) is 0 Å². The lowest BCUT2D eigenvalue weighted by molar-refractivity contribution is -0.122. The smallest absolute Gasteiger partial charge is 0.251 e. The van der Waals surface area contributed by atoms with Gasteiger partial charge in [-0.05, 0) is 55.0 Å². The third-order valence-electron chi connectivity index (χ3n) is 6.41. The summed E-state index contributed by atoms with van der Waals surface area (Å²) in [6.07, 6.45) is 2.25. The Morgan fingerprint density at radius 3 is 2.46 bits per heavy atom. The number of para-hydroxylation sites is 2. The molecule has 3 N–H and O–H groups in total. The molecule has 5 aromatic rings. The molecular formula is C30H28N4O3. The first-order valence-electron chi connectivity index (χ1n) is 12.2. The summed E-state index contributed by atoms with van der Waals surface area (Å²) >= 11 is 0. The zero-order valence-corrected chi connectivity index (χ0v) is 20.7. The maximum absolute atomic E-state index is 13.0. The molecule has 0 saturated heterocycles. The van der Waals surface area contributed by atoms with Gasteiger partial charge >= 0.3 is 0 Å². The molecule has 0 unspecified atom stereocenters. The van der Waals surface area contributed by atoms with Gasteiger partial charge in [-0.25, -0.2) is 0 Å². The minimum atomic E-state index is -0.712. The average Bonchev–Trinajstić information content (AvgIpc) is 3.33. The second kappa shape index (κ2) is 10.5. The van der Waals surface area contributed by atoms with E-state index in [1.54, 1.807) is 31.3 Å². The van der Waals surface area contributed by atoms with Crippen molar-refractivity contribution in [1.29, 1.82) is 0 Å². The number of nitrogens with one attached hydrogen (secondary N) is 3. The van der Waals surface area contributed by atoms with Crippen molar-refractivity contribution < 1.29 is 14.3 Å². The first-order chi connectivity index (χ1) is 18.0. The molecule has 186 valence electrons. The van der Waals surface area contributed by atoms with Crippen LogP contribution in [0, 0.1) is 6.92 Å². The van der Waals surface area contributed by atoms with Crippen LogP contribution in [0.1, 0.15) is 27.2 Å². The minimum absolute atomic E-state index is 0.251. The van der Waals surface area contributed by atoms with E-state index in [9.17, 15) is 9.59 Å². The van der Waals surface area contributed by atoms with Crippen LogP contribution >= 0.6 is 0 Å². The van der Waals surface area contributed by atoms with Crippen LogP contribution in [0.4, 0.5) is 0 Å². The molecule has 2 aromatic heterocycles. The predicted molar refractivity (Wildman–Crippen MR) is 145 cm³/mol. The quantitative estimate of drug-likeness (QED) is 0.293. The van der Waals surface area contributed by atoms with Crippen molar-refractivity contribution in [2.45, 2.75) is 26.0 Å². The Labute approximate surface area is 214 Å². The number of pyridine rings is 1. The molecule has 0 spiro atoms. The lowest BCUT2D eigenvalue weighted by Crippen LogP contribution is -2.47. The van der Waals surface area contributed by atoms with E-state index in [4.69, 9.17) is 4.74 Å². The molecular weight excluding hydrogens is 464 g/mol. The summed E-state index contributed by atoms with van der Waals surface area (Å²) in [5.74, 6) is 0.0749. The molecule has 0 fully saturated rings. The van der Waals surface area contributed by atoms with Gasteiger partial charge in [0, 0.05) is 52.8 Å². The van der Waals surface area contributed by atoms with E-state index in [0.717, 1.165) is 38.6 Å². The van der Waals surface area contributed by atoms with Gasteiger partial charge in [0.15, 0.2) is 0 Å². The first kappa shape index (κ1) is 24.1. The summed E-state index contributed by atoms with van der Waals surface area (Å²) in [7, 11) is 1.57. The topological polar surface area (TPSA) is 96.1 Å². The predicted octanol–water partition coefficient (Wildman–Crippen LogP) is 4.69. The van der Waals surface area contributed by atoms with Gasteiger partial charge in [-0.15, -0.1) is 0 Å². The van der Waals surface area contributed by atoms with Crippen LogP contribution in [-0.2, 0) is 17.8 Å². The second-order valence-corrected chi connectivity index (χ2v) is 8.96. The third-order valence-corrected chi connectivity index (χ3v) is 6.41. The van der Waals surface area contributed by atoms with Crippen LogP contribution in [0.5, 0.6) is 5.75 Å². The number of carbonyl (C=O) groups excluding carboxylic acids is 2. The highest BCUT2D eigenvalue weighted by Gasteiger charge is 2.22. The Kier molecular flexibility index (Phi) is 6.85. The number of H-pyrrole nitrogens is 1. The van der Waals surface area contributed by atoms with Gasteiger partial charge in [0.25, 0.3) is 5.91 Å². The summed E-state index contributed by atoms with van der Waals surface area (Å²) < 4.78 is 6.01. The maximum Gasteiger partial charge on any atom is 0.251 e. The molecule has 7 heteroatoms. The number of aromatic nitrogens is 2. The fourth-order valence-corrected chi connectivity index (χ4v) is 4.52. The molecule has 0 aliphatic carbocycles. The van der Waals surface area contributed by atoms with Crippen molar-refractivity contribution >= 4 is 33.6 Å². The van der Waals surface area contributed by atoms with Crippen LogP contribution in [0.2, 0.25) is 0 Å². The molecule has 0 radical (unpaired) electrons. The van der Waals surface area contributed by atoms with Crippen LogP contribution in [-0.4, -0.2) is 34.9 Å². The third kappa shape index (κ3) is 5.30. The van der Waals surface area contributed by atoms with Crippen molar-refractivity contribution in [1.82, 2.24) is 20.6 Å². The highest BCUT2D eigenvalue weighted by atomic mass is 16.5. The van der Waals surface area contributed by atoms with Crippen molar-refractivity contribution in [2.75, 3.05) is 7.05 Å². The Balaban J connectivity index is 1.26. The fourth-order valence-electron chi connectivity index (χ4n) is 4.52. The minimum Gasteiger partial charge on any atom is -0.489 e. The molecule has 0 aliphatic rings. The van der Waals surface area contributed by atoms with Crippen molar-refractivity contribution in [3.05, 3.63) is 107 Å². The Morgan fingerprint density at radius 1 is 0.946 bits per heavy atom. The number of carbonyl (C=O) groups is 2. The molecule has 3 aromatic carbocycles. The summed E-state index contributed by atoms with van der Waals surface area (Å²) in [6.45, 7) is 2.35. The molecule has 2 amide bonds. The Bertz CT molecular complexity index is 1570. The Hall–Kier alpha value is -4.65. The molecule has 5 rings (SSSR count). The number of amides is 2. The standard InChI is InChI=1S/C30H28N4O3/c1-19-15-22(25-8-4-6-10-27(25)33-19)18-37-23-13-11-20(12-14-23)29(35)34-28(30(36)31-2)16-21-17-32-26-9-5-3-7-24(21)26/h3-15,17,28,32H,16,18H2,1-2H3,(H,31,36)(H,34,35)/t28-/m0/s1. The molecule has 37 heavy (non-hydrogen) atoms.